The first-order valence-corrected chi connectivity index (χ1v) is 12.8. The van der Waals surface area contributed by atoms with E-state index in [4.69, 9.17) is 16.6 Å². The van der Waals surface area contributed by atoms with Gasteiger partial charge in [-0.2, -0.15) is 4.31 Å². The van der Waals surface area contributed by atoms with Crippen molar-refractivity contribution in [2.24, 2.45) is 0 Å². The Labute approximate surface area is 184 Å². The van der Waals surface area contributed by atoms with E-state index in [9.17, 15) is 8.42 Å². The van der Waals surface area contributed by atoms with E-state index in [0.29, 0.717) is 26.2 Å². The molecule has 2 aliphatic rings. The molecule has 5 nitrogen and oxygen atoms in total. The first-order chi connectivity index (χ1) is 14.4. The van der Waals surface area contributed by atoms with E-state index in [0.717, 1.165) is 35.5 Å². The lowest BCUT2D eigenvalue weighted by molar-refractivity contribution is 0.154. The lowest BCUT2D eigenvalue weighted by Crippen LogP contribution is -2.49. The number of aromatic nitrogens is 1. The number of rotatable bonds is 5. The Bertz CT molecular complexity index is 1060. The summed E-state index contributed by atoms with van der Waals surface area (Å²) in [4.78, 5) is 7.19. The van der Waals surface area contributed by atoms with Gasteiger partial charge in [-0.25, -0.2) is 8.42 Å². The summed E-state index contributed by atoms with van der Waals surface area (Å²) in [6.07, 6.45) is 8.66. The van der Waals surface area contributed by atoms with E-state index in [-0.39, 0.29) is 6.04 Å². The van der Waals surface area contributed by atoms with Gasteiger partial charge >= 0.3 is 0 Å². The van der Waals surface area contributed by atoms with Crippen LogP contribution in [0.1, 0.15) is 54.6 Å². The van der Waals surface area contributed by atoms with Gasteiger partial charge in [0.1, 0.15) is 0 Å². The zero-order valence-corrected chi connectivity index (χ0v) is 19.1. The minimum atomic E-state index is -3.17. The normalized spacial score (nSPS) is 20.2. The molecule has 1 fully saturated rings. The predicted molar refractivity (Wildman–Crippen MR) is 123 cm³/mol. The maximum atomic E-state index is 12.0. The number of piperazine rings is 1. The van der Waals surface area contributed by atoms with E-state index < -0.39 is 10.0 Å². The Morgan fingerprint density at radius 2 is 1.93 bits per heavy atom. The van der Waals surface area contributed by atoms with E-state index in [1.54, 1.807) is 4.31 Å². The molecule has 0 bridgehead atoms. The van der Waals surface area contributed by atoms with Crippen molar-refractivity contribution in [1.82, 2.24) is 14.2 Å². The third-order valence-electron chi connectivity index (χ3n) is 6.02. The number of nitrogens with zero attached hydrogens (tertiary/aromatic N) is 3. The summed E-state index contributed by atoms with van der Waals surface area (Å²) in [7, 11) is -3.17. The summed E-state index contributed by atoms with van der Waals surface area (Å²) in [5.74, 6) is 0. The third-order valence-corrected chi connectivity index (χ3v) is 7.56. The Hall–Kier alpha value is -1.73. The fourth-order valence-corrected chi connectivity index (χ4v) is 5.48. The average Bonchev–Trinajstić information content (AvgIpc) is 2.86. The fraction of sp³-hybridized carbons (Fsp3) is 0.435. The molecule has 1 unspecified atom stereocenters. The number of halogens is 1. The van der Waals surface area contributed by atoms with Gasteiger partial charge in [0, 0.05) is 43.0 Å². The molecule has 4 rings (SSSR count). The lowest BCUT2D eigenvalue weighted by Gasteiger charge is -2.39. The molecule has 2 heterocycles. The number of hydrogen-bond donors (Lipinski definition) is 0. The summed E-state index contributed by atoms with van der Waals surface area (Å²) in [6.45, 7) is 4.53. The van der Waals surface area contributed by atoms with Crippen LogP contribution in [0.2, 0.25) is 5.02 Å². The van der Waals surface area contributed by atoms with Crippen LogP contribution in [0.4, 0.5) is 0 Å². The molecule has 7 heteroatoms. The van der Waals surface area contributed by atoms with Gasteiger partial charge in [0.25, 0.3) is 0 Å². The smallest absolute Gasteiger partial charge is 0.211 e. The van der Waals surface area contributed by atoms with Crippen molar-refractivity contribution in [3.8, 4) is 0 Å². The van der Waals surface area contributed by atoms with Gasteiger partial charge in [-0.1, -0.05) is 43.2 Å². The summed E-state index contributed by atoms with van der Waals surface area (Å²) in [5, 5.41) is 0.722. The van der Waals surface area contributed by atoms with Crippen LogP contribution >= 0.6 is 11.6 Å². The molecule has 30 heavy (non-hydrogen) atoms. The summed E-state index contributed by atoms with van der Waals surface area (Å²) in [6, 6.07) is 10.2. The van der Waals surface area contributed by atoms with E-state index in [1.165, 1.54) is 23.0 Å². The van der Waals surface area contributed by atoms with Crippen molar-refractivity contribution in [2.45, 2.75) is 32.2 Å². The van der Waals surface area contributed by atoms with Crippen molar-refractivity contribution in [2.75, 3.05) is 32.4 Å². The molecular weight excluding hydrogens is 418 g/mol. The molecule has 0 amide bonds. The number of fused-ring (bicyclic) bond motifs is 2. The number of allylic oxidation sites excluding steroid dienone is 1. The van der Waals surface area contributed by atoms with Crippen LogP contribution in [0.15, 0.2) is 36.5 Å². The van der Waals surface area contributed by atoms with Crippen molar-refractivity contribution < 1.29 is 8.42 Å². The molecule has 0 radical (unpaired) electrons. The second-order valence-electron chi connectivity index (χ2n) is 8.08. The van der Waals surface area contributed by atoms with Gasteiger partial charge in [-0.05, 0) is 47.7 Å². The molecule has 1 atom stereocenters. The van der Waals surface area contributed by atoms with Crippen LogP contribution in [0.5, 0.6) is 0 Å². The van der Waals surface area contributed by atoms with Crippen molar-refractivity contribution in [3.63, 3.8) is 0 Å². The maximum absolute atomic E-state index is 12.0. The largest absolute Gasteiger partial charge is 0.288 e. The first kappa shape index (κ1) is 21.5. The van der Waals surface area contributed by atoms with Gasteiger partial charge < -0.3 is 0 Å². The standard InChI is InChI=1S/C23H28ClN3O2S/c1-3-4-6-17-15-18-16-19(24)8-9-21(18)23(22-20(17)7-5-10-25-22)26-11-13-27(14-12-26)30(2,28)29/h5,7-10,15-16,23H,3-4,6,11-14H2,1-2H3. The topological polar surface area (TPSA) is 53.5 Å². The van der Waals surface area contributed by atoms with E-state index in [2.05, 4.69) is 30.0 Å². The van der Waals surface area contributed by atoms with Crippen LogP contribution in [0.25, 0.3) is 11.6 Å². The Kier molecular flexibility index (Phi) is 6.30. The van der Waals surface area contributed by atoms with Crippen LogP contribution < -0.4 is 0 Å². The van der Waals surface area contributed by atoms with E-state index in [1.807, 2.05) is 24.4 Å². The zero-order valence-electron chi connectivity index (χ0n) is 17.5. The molecule has 1 aliphatic carbocycles. The molecule has 1 aromatic heterocycles. The van der Waals surface area contributed by atoms with Gasteiger partial charge in [0.2, 0.25) is 10.0 Å². The molecule has 0 saturated carbocycles. The van der Waals surface area contributed by atoms with Gasteiger partial charge in [0.15, 0.2) is 0 Å². The summed E-state index contributed by atoms with van der Waals surface area (Å²) < 4.78 is 25.5. The molecule has 1 aliphatic heterocycles. The Morgan fingerprint density at radius 1 is 1.17 bits per heavy atom. The molecule has 1 saturated heterocycles. The average molecular weight is 446 g/mol. The SMILES string of the molecule is CCCCC1=Cc2cc(Cl)ccc2C(N2CCN(S(C)(=O)=O)CC2)c2ncccc21. The predicted octanol–water partition coefficient (Wildman–Crippen LogP) is 4.45. The first-order valence-electron chi connectivity index (χ1n) is 10.5. The fourth-order valence-electron chi connectivity index (χ4n) is 4.48. The second-order valence-corrected chi connectivity index (χ2v) is 10.5. The molecule has 0 N–H and O–H groups in total. The minimum Gasteiger partial charge on any atom is -0.288 e. The van der Waals surface area contributed by atoms with Crippen LogP contribution in [-0.2, 0) is 10.0 Å². The molecular formula is C23H28ClN3O2S. The lowest BCUT2D eigenvalue weighted by atomic mass is 9.94. The molecule has 0 spiro atoms. The molecule has 160 valence electrons. The van der Waals surface area contributed by atoms with Crippen molar-refractivity contribution in [1.29, 1.82) is 0 Å². The van der Waals surface area contributed by atoms with Crippen LogP contribution in [0, 0.1) is 0 Å². The number of pyridine rings is 1. The van der Waals surface area contributed by atoms with Crippen LogP contribution in [-0.4, -0.2) is 55.0 Å². The monoisotopic (exact) mass is 445 g/mol. The number of unbranched alkanes of at least 4 members (excludes halogenated alkanes) is 1. The van der Waals surface area contributed by atoms with Gasteiger partial charge in [0.05, 0.1) is 18.0 Å². The molecule has 1 aromatic carbocycles. The maximum Gasteiger partial charge on any atom is 0.211 e. The highest BCUT2D eigenvalue weighted by atomic mass is 35.5. The highest BCUT2D eigenvalue weighted by Crippen LogP contribution is 2.41. The number of benzene rings is 1. The number of hydrogen-bond acceptors (Lipinski definition) is 4. The van der Waals surface area contributed by atoms with Gasteiger partial charge in [-0.3, -0.25) is 9.88 Å². The van der Waals surface area contributed by atoms with Gasteiger partial charge in [-0.15, -0.1) is 0 Å². The highest BCUT2D eigenvalue weighted by Gasteiger charge is 2.34. The van der Waals surface area contributed by atoms with Crippen molar-refractivity contribution in [3.05, 3.63) is 63.9 Å². The highest BCUT2D eigenvalue weighted by molar-refractivity contribution is 7.88. The van der Waals surface area contributed by atoms with E-state index >= 15 is 0 Å². The quantitative estimate of drug-likeness (QED) is 0.682. The second kappa shape index (κ2) is 8.79. The zero-order chi connectivity index (χ0) is 21.3. The van der Waals surface area contributed by atoms with Crippen molar-refractivity contribution >= 4 is 33.3 Å². The molecule has 2 aromatic rings. The third kappa shape index (κ3) is 4.33. The minimum absolute atomic E-state index is 0.0226. The Morgan fingerprint density at radius 3 is 2.63 bits per heavy atom. The number of sulfonamides is 1. The summed E-state index contributed by atoms with van der Waals surface area (Å²) in [5.41, 5.74) is 5.84. The summed E-state index contributed by atoms with van der Waals surface area (Å²) >= 11 is 6.36. The Balaban J connectivity index is 1.79. The van der Waals surface area contributed by atoms with Crippen LogP contribution in [0.3, 0.4) is 0 Å².